The third-order valence-corrected chi connectivity index (χ3v) is 5.32. The standard InChI is InChI=1S/C14H16BrN5.ClH/c1-19-11-4-2-3-9(10(11)7-17-19)13-12-8-16-5-6-20(12)14(15)18-13;/h5-11H,2-4H2,1H3;1H. The zero-order valence-electron chi connectivity index (χ0n) is 11.7. The lowest BCUT2D eigenvalue weighted by Crippen LogP contribution is -3.07. The molecule has 1 N–H and O–H groups in total. The van der Waals surface area contributed by atoms with Gasteiger partial charge in [-0.1, -0.05) is 6.42 Å². The van der Waals surface area contributed by atoms with Gasteiger partial charge >= 0.3 is 0 Å². The number of rotatable bonds is 1. The van der Waals surface area contributed by atoms with Crippen LogP contribution in [0.5, 0.6) is 0 Å². The number of halogens is 2. The molecule has 1 saturated carbocycles. The van der Waals surface area contributed by atoms with Crippen molar-refractivity contribution >= 4 is 33.1 Å². The number of quaternary nitrogens is 1. The molecule has 4 atom stereocenters. The van der Waals surface area contributed by atoms with Crippen LogP contribution in [-0.4, -0.2) is 35.3 Å². The number of hydrazone groups is 1. The fourth-order valence-corrected chi connectivity index (χ4v) is 4.25. The molecule has 0 aromatic heterocycles. The summed E-state index contributed by atoms with van der Waals surface area (Å²) < 4.78 is 0.940. The molecule has 3 heterocycles. The van der Waals surface area contributed by atoms with E-state index < -0.39 is 0 Å². The van der Waals surface area contributed by atoms with Gasteiger partial charge in [-0.25, -0.2) is 4.90 Å². The van der Waals surface area contributed by atoms with Crippen LogP contribution in [0.2, 0.25) is 0 Å². The number of amidine groups is 1. The molecule has 4 rings (SSSR count). The first-order chi connectivity index (χ1) is 9.75. The Morgan fingerprint density at radius 3 is 3.10 bits per heavy atom. The molecule has 0 saturated heterocycles. The SMILES string of the molecule is CN1N=CC2C(C3=C4C=NC=C[NH+]4C(Br)=N3)CCCC21.[Cl-]. The van der Waals surface area contributed by atoms with Crippen LogP contribution in [0.1, 0.15) is 19.3 Å². The van der Waals surface area contributed by atoms with E-state index in [0.717, 1.165) is 4.74 Å². The lowest BCUT2D eigenvalue weighted by Gasteiger charge is -2.34. The van der Waals surface area contributed by atoms with Crippen molar-refractivity contribution in [2.24, 2.45) is 26.9 Å². The summed E-state index contributed by atoms with van der Waals surface area (Å²) in [5.74, 6) is 0.944. The van der Waals surface area contributed by atoms with Gasteiger partial charge in [0, 0.05) is 41.0 Å². The van der Waals surface area contributed by atoms with Gasteiger partial charge in [0.2, 0.25) is 0 Å². The number of allylic oxidation sites excluding steroid dienone is 2. The van der Waals surface area contributed by atoms with Crippen molar-refractivity contribution in [3.63, 3.8) is 0 Å². The molecule has 0 radical (unpaired) electrons. The van der Waals surface area contributed by atoms with E-state index in [-0.39, 0.29) is 12.4 Å². The predicted octanol–water partition coefficient (Wildman–Crippen LogP) is -1.88. The summed E-state index contributed by atoms with van der Waals surface area (Å²) in [5, 5.41) is 6.62. The van der Waals surface area contributed by atoms with Gasteiger partial charge in [-0.05, 0) is 12.8 Å². The van der Waals surface area contributed by atoms with Gasteiger partial charge in [0.05, 0.1) is 18.5 Å². The lowest BCUT2D eigenvalue weighted by molar-refractivity contribution is -0.685. The Morgan fingerprint density at radius 1 is 1.38 bits per heavy atom. The van der Waals surface area contributed by atoms with E-state index in [4.69, 9.17) is 4.99 Å². The van der Waals surface area contributed by atoms with Crippen molar-refractivity contribution < 1.29 is 17.3 Å². The quantitative estimate of drug-likeness (QED) is 0.540. The second-order valence-electron chi connectivity index (χ2n) is 5.73. The highest BCUT2D eigenvalue weighted by Gasteiger charge is 2.44. The van der Waals surface area contributed by atoms with Gasteiger partial charge in [0.25, 0.3) is 4.74 Å². The van der Waals surface area contributed by atoms with Gasteiger partial charge in [0.15, 0.2) is 5.70 Å². The molecule has 5 nitrogen and oxygen atoms in total. The second-order valence-corrected chi connectivity index (χ2v) is 6.48. The molecule has 4 unspecified atom stereocenters. The van der Waals surface area contributed by atoms with Crippen LogP contribution in [-0.2, 0) is 0 Å². The molecule has 1 aliphatic carbocycles. The molecule has 0 aromatic carbocycles. The highest BCUT2D eigenvalue weighted by atomic mass is 79.9. The Hall–Kier alpha value is -0.980. The van der Waals surface area contributed by atoms with E-state index in [9.17, 15) is 0 Å². The van der Waals surface area contributed by atoms with E-state index in [1.165, 1.54) is 35.6 Å². The van der Waals surface area contributed by atoms with Gasteiger partial charge in [-0.3, -0.25) is 10.0 Å². The van der Waals surface area contributed by atoms with Crippen LogP contribution in [0.4, 0.5) is 0 Å². The smallest absolute Gasteiger partial charge is 0.279 e. The third-order valence-electron chi connectivity index (χ3n) is 4.71. The summed E-state index contributed by atoms with van der Waals surface area (Å²) in [4.78, 5) is 10.2. The monoisotopic (exact) mass is 369 g/mol. The van der Waals surface area contributed by atoms with Crippen molar-refractivity contribution in [1.29, 1.82) is 0 Å². The summed E-state index contributed by atoms with van der Waals surface area (Å²) in [5.41, 5.74) is 2.38. The van der Waals surface area contributed by atoms with Crippen molar-refractivity contribution in [2.45, 2.75) is 25.3 Å². The molecule has 3 aliphatic heterocycles. The lowest BCUT2D eigenvalue weighted by atomic mass is 9.75. The zero-order valence-corrected chi connectivity index (χ0v) is 14.0. The average molecular weight is 371 g/mol. The van der Waals surface area contributed by atoms with Crippen LogP contribution in [0, 0.1) is 11.8 Å². The number of nitrogens with one attached hydrogen (secondary N) is 1. The molecule has 1 fully saturated rings. The Labute approximate surface area is 138 Å². The predicted molar refractivity (Wildman–Crippen MR) is 82.9 cm³/mol. The summed E-state index contributed by atoms with van der Waals surface area (Å²) in [6.45, 7) is 0. The van der Waals surface area contributed by atoms with E-state index >= 15 is 0 Å². The number of hydrogen-bond acceptors (Lipinski definition) is 4. The Kier molecular flexibility index (Phi) is 4.03. The normalized spacial score (nSPS) is 36.5. The molecule has 21 heavy (non-hydrogen) atoms. The van der Waals surface area contributed by atoms with Crippen LogP contribution in [0.3, 0.4) is 0 Å². The average Bonchev–Trinajstić information content (AvgIpc) is 3.01. The Bertz CT molecular complexity index is 594. The maximum atomic E-state index is 4.80. The molecular formula is C14H17BrClN5. The van der Waals surface area contributed by atoms with E-state index in [1.54, 1.807) is 0 Å². The van der Waals surface area contributed by atoms with E-state index in [0.29, 0.717) is 17.9 Å². The van der Waals surface area contributed by atoms with Gasteiger partial charge in [0.1, 0.15) is 11.9 Å². The first-order valence-corrected chi connectivity index (χ1v) is 7.88. The maximum Gasteiger partial charge on any atom is 0.279 e. The molecule has 0 aromatic rings. The van der Waals surface area contributed by atoms with Crippen LogP contribution >= 0.6 is 15.9 Å². The number of hydrogen-bond donors (Lipinski definition) is 1. The number of aliphatic imine (C=N–C) groups is 2. The zero-order chi connectivity index (χ0) is 13.7. The molecule has 0 bridgehead atoms. The summed E-state index contributed by atoms with van der Waals surface area (Å²) in [7, 11) is 2.08. The van der Waals surface area contributed by atoms with Gasteiger partial charge < -0.3 is 12.4 Å². The minimum atomic E-state index is 0. The van der Waals surface area contributed by atoms with E-state index in [2.05, 4.69) is 44.3 Å². The summed E-state index contributed by atoms with van der Waals surface area (Å²) >= 11 is 3.59. The molecule has 0 spiro atoms. The van der Waals surface area contributed by atoms with E-state index in [1.807, 2.05) is 18.6 Å². The maximum absolute atomic E-state index is 4.80. The highest BCUT2D eigenvalue weighted by Crippen LogP contribution is 2.40. The first-order valence-electron chi connectivity index (χ1n) is 7.08. The van der Waals surface area contributed by atoms with Crippen LogP contribution in [0.15, 0.2) is 38.9 Å². The number of nitrogens with zero attached hydrogens (tertiary/aromatic N) is 4. The first kappa shape index (κ1) is 14.9. The van der Waals surface area contributed by atoms with Gasteiger partial charge in [-0.15, -0.1) is 0 Å². The van der Waals surface area contributed by atoms with Crippen LogP contribution < -0.4 is 17.3 Å². The second kappa shape index (κ2) is 5.66. The van der Waals surface area contributed by atoms with Crippen molar-refractivity contribution in [1.82, 2.24) is 5.01 Å². The fourth-order valence-electron chi connectivity index (χ4n) is 3.71. The Morgan fingerprint density at radius 2 is 2.24 bits per heavy atom. The van der Waals surface area contributed by atoms with Gasteiger partial charge in [-0.2, -0.15) is 10.1 Å². The number of fused-ring (bicyclic) bond motifs is 2. The van der Waals surface area contributed by atoms with Crippen molar-refractivity contribution in [3.05, 3.63) is 23.8 Å². The minimum absolute atomic E-state index is 0. The summed E-state index contributed by atoms with van der Waals surface area (Å²) in [6.07, 6.45) is 11.6. The highest BCUT2D eigenvalue weighted by molar-refractivity contribution is 9.18. The fraction of sp³-hybridized carbons (Fsp3) is 0.500. The van der Waals surface area contributed by atoms with Crippen molar-refractivity contribution in [3.8, 4) is 0 Å². The summed E-state index contributed by atoms with van der Waals surface area (Å²) in [6, 6.07) is 0.538. The van der Waals surface area contributed by atoms with Crippen LogP contribution in [0.25, 0.3) is 0 Å². The molecule has 0 amide bonds. The Balaban J connectivity index is 0.00000132. The molecule has 7 heteroatoms. The molecular weight excluding hydrogens is 354 g/mol. The largest absolute Gasteiger partial charge is 1.00 e. The minimum Gasteiger partial charge on any atom is -1.00 e. The third kappa shape index (κ3) is 2.29. The topological polar surface area (TPSA) is 44.8 Å². The molecule has 4 aliphatic rings. The van der Waals surface area contributed by atoms with Crippen molar-refractivity contribution in [2.75, 3.05) is 7.05 Å². The molecule has 112 valence electrons.